The van der Waals surface area contributed by atoms with Crippen LogP contribution in [0, 0.1) is 0 Å². The third-order valence-electron chi connectivity index (χ3n) is 5.19. The van der Waals surface area contributed by atoms with Gasteiger partial charge in [0.05, 0.1) is 19.9 Å². The van der Waals surface area contributed by atoms with Gasteiger partial charge in [0.15, 0.2) is 6.61 Å². The molecule has 10 nitrogen and oxygen atoms in total. The Morgan fingerprint density at radius 2 is 1.71 bits per heavy atom. The van der Waals surface area contributed by atoms with Gasteiger partial charge in [0, 0.05) is 11.4 Å². The van der Waals surface area contributed by atoms with Crippen LogP contribution in [0.1, 0.15) is 0 Å². The number of nitrogens with one attached hydrogen (secondary N) is 2. The summed E-state index contributed by atoms with van der Waals surface area (Å²) in [5.74, 6) is 0.312. The molecule has 2 amide bonds. The predicted octanol–water partition coefficient (Wildman–Crippen LogP) is 2.87. The maximum absolute atomic E-state index is 13.1. The number of carbonyl (C=O) groups excluding carboxylic acids is 2. The van der Waals surface area contributed by atoms with Gasteiger partial charge in [0.1, 0.15) is 28.7 Å². The maximum atomic E-state index is 13.1. The van der Waals surface area contributed by atoms with Crippen molar-refractivity contribution in [2.75, 3.05) is 42.3 Å². The van der Waals surface area contributed by atoms with E-state index >= 15 is 0 Å². The number of para-hydroxylation sites is 2. The lowest BCUT2D eigenvalue weighted by molar-refractivity contribution is -0.123. The van der Waals surface area contributed by atoms with E-state index in [4.69, 9.17) is 14.2 Å². The summed E-state index contributed by atoms with van der Waals surface area (Å²) in [6.07, 6.45) is 0. The monoisotopic (exact) mass is 497 g/mol. The van der Waals surface area contributed by atoms with E-state index in [9.17, 15) is 18.0 Å². The smallest absolute Gasteiger partial charge is 0.265 e. The molecule has 4 rings (SSSR count). The fraction of sp³-hybridized carbons (Fsp3) is 0.167. The van der Waals surface area contributed by atoms with Gasteiger partial charge < -0.3 is 19.5 Å². The van der Waals surface area contributed by atoms with E-state index in [0.29, 0.717) is 22.9 Å². The molecule has 3 aromatic rings. The Morgan fingerprint density at radius 1 is 1.00 bits per heavy atom. The van der Waals surface area contributed by atoms with E-state index < -0.39 is 15.9 Å². The summed E-state index contributed by atoms with van der Waals surface area (Å²) < 4.78 is 44.3. The first-order chi connectivity index (χ1) is 16.8. The van der Waals surface area contributed by atoms with E-state index in [-0.39, 0.29) is 35.4 Å². The number of methoxy groups -OCH3 is 2. The fourth-order valence-corrected chi connectivity index (χ4v) is 4.76. The molecule has 2 N–H and O–H groups in total. The molecule has 0 saturated carbocycles. The van der Waals surface area contributed by atoms with Crippen LogP contribution in [0.3, 0.4) is 0 Å². The topological polar surface area (TPSA) is 123 Å². The van der Waals surface area contributed by atoms with Gasteiger partial charge in [-0.05, 0) is 54.6 Å². The summed E-state index contributed by atoms with van der Waals surface area (Å²) in [4.78, 5) is 26.2. The van der Waals surface area contributed by atoms with Gasteiger partial charge in [-0.25, -0.2) is 8.42 Å². The average molecular weight is 498 g/mol. The summed E-state index contributed by atoms with van der Waals surface area (Å²) in [5.41, 5.74) is 1.03. The molecule has 0 radical (unpaired) electrons. The summed E-state index contributed by atoms with van der Waals surface area (Å²) >= 11 is 0. The Kier molecular flexibility index (Phi) is 6.78. The molecule has 1 heterocycles. The largest absolute Gasteiger partial charge is 0.497 e. The molecule has 1 aliphatic rings. The number of hydrogen-bond donors (Lipinski definition) is 2. The zero-order valence-corrected chi connectivity index (χ0v) is 19.8. The van der Waals surface area contributed by atoms with Gasteiger partial charge in [-0.15, -0.1) is 0 Å². The van der Waals surface area contributed by atoms with Crippen molar-refractivity contribution in [3.63, 3.8) is 0 Å². The lowest BCUT2D eigenvalue weighted by Crippen LogP contribution is -2.43. The highest BCUT2D eigenvalue weighted by molar-refractivity contribution is 7.92. The Balaban J connectivity index is 1.53. The first kappa shape index (κ1) is 23.9. The molecule has 0 spiro atoms. The number of nitrogens with zero attached hydrogens (tertiary/aromatic N) is 1. The van der Waals surface area contributed by atoms with Crippen molar-refractivity contribution in [3.05, 3.63) is 66.7 Å². The number of amides is 2. The van der Waals surface area contributed by atoms with Crippen molar-refractivity contribution in [1.29, 1.82) is 0 Å². The number of rotatable bonds is 8. The molecule has 0 bridgehead atoms. The fourth-order valence-electron chi connectivity index (χ4n) is 3.51. The molecule has 0 saturated heterocycles. The summed E-state index contributed by atoms with van der Waals surface area (Å²) in [6.45, 7) is -0.441. The molecule has 0 aliphatic carbocycles. The van der Waals surface area contributed by atoms with E-state index in [1.165, 1.54) is 37.3 Å². The molecule has 1 aliphatic heterocycles. The van der Waals surface area contributed by atoms with E-state index in [0.717, 1.165) is 0 Å². The first-order valence-electron chi connectivity index (χ1n) is 10.5. The standard InChI is InChI=1S/C24H23N3O7S/c1-32-18-10-7-16(8-11-18)26-35(30,31)22-13-17(9-12-21(22)33-2)25-23(28)14-27-19-5-3-4-6-20(19)34-15-24(27)29/h3-13,26H,14-15H2,1-2H3,(H,25,28). The maximum Gasteiger partial charge on any atom is 0.265 e. The average Bonchev–Trinajstić information content (AvgIpc) is 2.86. The molecule has 0 atom stereocenters. The van der Waals surface area contributed by atoms with Gasteiger partial charge in [0.2, 0.25) is 5.91 Å². The van der Waals surface area contributed by atoms with E-state index in [2.05, 4.69) is 10.0 Å². The molecule has 3 aromatic carbocycles. The highest BCUT2D eigenvalue weighted by Gasteiger charge is 2.27. The second kappa shape index (κ2) is 9.94. The quantitative estimate of drug-likeness (QED) is 0.491. The molecule has 0 fully saturated rings. The Morgan fingerprint density at radius 3 is 2.43 bits per heavy atom. The lowest BCUT2D eigenvalue weighted by atomic mass is 10.2. The van der Waals surface area contributed by atoms with Gasteiger partial charge in [0.25, 0.3) is 15.9 Å². The lowest BCUT2D eigenvalue weighted by Gasteiger charge is -2.28. The van der Waals surface area contributed by atoms with Crippen molar-refractivity contribution in [3.8, 4) is 17.2 Å². The zero-order valence-electron chi connectivity index (χ0n) is 19.0. The van der Waals surface area contributed by atoms with Crippen LogP contribution in [-0.2, 0) is 19.6 Å². The molecule has 0 unspecified atom stereocenters. The first-order valence-corrected chi connectivity index (χ1v) is 12.0. The Bertz CT molecular complexity index is 1360. The van der Waals surface area contributed by atoms with Gasteiger partial charge in [-0.1, -0.05) is 12.1 Å². The third-order valence-corrected chi connectivity index (χ3v) is 6.59. The molecule has 0 aromatic heterocycles. The highest BCUT2D eigenvalue weighted by Crippen LogP contribution is 2.32. The van der Waals surface area contributed by atoms with Gasteiger partial charge in [-0.2, -0.15) is 0 Å². The summed E-state index contributed by atoms with van der Waals surface area (Å²) in [7, 11) is -1.20. The van der Waals surface area contributed by atoms with E-state index in [1.54, 1.807) is 48.5 Å². The normalized spacial score (nSPS) is 12.9. The van der Waals surface area contributed by atoms with Crippen LogP contribution in [0.15, 0.2) is 71.6 Å². The van der Waals surface area contributed by atoms with E-state index in [1.807, 2.05) is 0 Å². The molecule has 35 heavy (non-hydrogen) atoms. The van der Waals surface area contributed by atoms with Crippen LogP contribution >= 0.6 is 0 Å². The van der Waals surface area contributed by atoms with Crippen LogP contribution in [0.2, 0.25) is 0 Å². The minimum absolute atomic E-state index is 0.0984. The SMILES string of the molecule is COc1ccc(NS(=O)(=O)c2cc(NC(=O)CN3C(=O)COc4ccccc43)ccc2OC)cc1. The second-order valence-corrected chi connectivity index (χ2v) is 9.13. The molecule has 182 valence electrons. The van der Waals surface area contributed by atoms with Crippen LogP contribution in [0.5, 0.6) is 17.2 Å². The number of sulfonamides is 1. The van der Waals surface area contributed by atoms with Crippen LogP contribution in [-0.4, -0.2) is 47.6 Å². The summed E-state index contributed by atoms with van der Waals surface area (Å²) in [6, 6.07) is 17.5. The zero-order chi connectivity index (χ0) is 25.0. The predicted molar refractivity (Wildman–Crippen MR) is 130 cm³/mol. The van der Waals surface area contributed by atoms with Crippen molar-refractivity contribution in [2.24, 2.45) is 0 Å². The van der Waals surface area contributed by atoms with Gasteiger partial charge >= 0.3 is 0 Å². The van der Waals surface area contributed by atoms with Crippen LogP contribution in [0.25, 0.3) is 0 Å². The number of ether oxygens (including phenoxy) is 3. The number of hydrogen-bond acceptors (Lipinski definition) is 7. The minimum Gasteiger partial charge on any atom is -0.497 e. The van der Waals surface area contributed by atoms with Gasteiger partial charge in [-0.3, -0.25) is 19.2 Å². The van der Waals surface area contributed by atoms with Crippen molar-refractivity contribution >= 4 is 38.9 Å². The minimum atomic E-state index is -4.06. The summed E-state index contributed by atoms with van der Waals surface area (Å²) in [5, 5.41) is 2.65. The second-order valence-electron chi connectivity index (χ2n) is 7.48. The van der Waals surface area contributed by atoms with Crippen molar-refractivity contribution in [2.45, 2.75) is 4.90 Å². The number of fused-ring (bicyclic) bond motifs is 1. The molecular weight excluding hydrogens is 474 g/mol. The Hall–Kier alpha value is -4.25. The third kappa shape index (κ3) is 5.30. The van der Waals surface area contributed by atoms with Crippen LogP contribution < -0.4 is 29.1 Å². The number of benzene rings is 3. The highest BCUT2D eigenvalue weighted by atomic mass is 32.2. The van der Waals surface area contributed by atoms with Crippen molar-refractivity contribution in [1.82, 2.24) is 0 Å². The number of carbonyl (C=O) groups is 2. The Labute approximate surface area is 202 Å². The molecule has 11 heteroatoms. The van der Waals surface area contributed by atoms with Crippen LogP contribution in [0.4, 0.5) is 17.1 Å². The molecular formula is C24H23N3O7S. The number of anilines is 3. The van der Waals surface area contributed by atoms with Crippen molar-refractivity contribution < 1.29 is 32.2 Å².